The molecular weight excluding hydrogens is 210 g/mol. The van der Waals surface area contributed by atoms with Gasteiger partial charge in [-0.3, -0.25) is 0 Å². The first-order valence-corrected chi connectivity index (χ1v) is 6.23. The van der Waals surface area contributed by atoms with E-state index in [2.05, 4.69) is 51.2 Å². The molecule has 2 nitrogen and oxygen atoms in total. The summed E-state index contributed by atoms with van der Waals surface area (Å²) < 4.78 is 5.68. The first-order valence-electron chi connectivity index (χ1n) is 6.23. The van der Waals surface area contributed by atoms with Crippen LogP contribution in [0.3, 0.4) is 0 Å². The lowest BCUT2D eigenvalue weighted by atomic mass is 10.1. The van der Waals surface area contributed by atoms with E-state index >= 15 is 0 Å². The van der Waals surface area contributed by atoms with Crippen molar-refractivity contribution < 1.29 is 4.74 Å². The van der Waals surface area contributed by atoms with Crippen molar-refractivity contribution in [3.8, 4) is 5.75 Å². The number of hydrogen-bond donors (Lipinski definition) is 1. The second-order valence-electron chi connectivity index (χ2n) is 4.44. The molecule has 1 atom stereocenters. The van der Waals surface area contributed by atoms with E-state index in [0.29, 0.717) is 12.6 Å². The fourth-order valence-electron chi connectivity index (χ4n) is 1.60. The molecule has 94 valence electrons. The Morgan fingerprint density at radius 3 is 2.82 bits per heavy atom. The number of hydrogen-bond acceptors (Lipinski definition) is 2. The highest BCUT2D eigenvalue weighted by atomic mass is 16.5. The van der Waals surface area contributed by atoms with Crippen LogP contribution in [0.2, 0.25) is 0 Å². The Morgan fingerprint density at radius 1 is 1.41 bits per heavy atom. The molecule has 0 aliphatic carbocycles. The molecule has 0 aliphatic heterocycles. The van der Waals surface area contributed by atoms with Crippen LogP contribution in [0.15, 0.2) is 35.9 Å². The van der Waals surface area contributed by atoms with Crippen LogP contribution < -0.4 is 10.1 Å². The zero-order valence-electron chi connectivity index (χ0n) is 11.3. The zero-order valence-corrected chi connectivity index (χ0v) is 11.3. The molecule has 0 amide bonds. The van der Waals surface area contributed by atoms with Gasteiger partial charge in [-0.15, -0.1) is 0 Å². The Kier molecular flexibility index (Phi) is 5.78. The lowest BCUT2D eigenvalue weighted by molar-refractivity contribution is 0.361. The van der Waals surface area contributed by atoms with Gasteiger partial charge in [0.15, 0.2) is 0 Å². The summed E-state index contributed by atoms with van der Waals surface area (Å²) in [5.74, 6) is 0.935. The summed E-state index contributed by atoms with van der Waals surface area (Å²) in [6.07, 6.45) is 2.08. The molecule has 0 bridgehead atoms. The van der Waals surface area contributed by atoms with Gasteiger partial charge in [0.2, 0.25) is 0 Å². The number of nitrogens with one attached hydrogen (secondary N) is 1. The monoisotopic (exact) mass is 233 g/mol. The van der Waals surface area contributed by atoms with Gasteiger partial charge in [0.1, 0.15) is 12.4 Å². The number of benzene rings is 1. The molecule has 0 fully saturated rings. The highest BCUT2D eigenvalue weighted by molar-refractivity contribution is 5.30. The fraction of sp³-hybridized carbons (Fsp3) is 0.467. The molecule has 17 heavy (non-hydrogen) atoms. The standard InChI is InChI=1S/C15H23NO/c1-5-16-13(4)14-7-6-8-15(11-14)17-10-9-12(2)3/h6-9,11,13,16H,5,10H2,1-4H3. The SMILES string of the molecule is CCNC(C)c1cccc(OCC=C(C)C)c1. The first-order chi connectivity index (χ1) is 8.13. The molecule has 1 aromatic carbocycles. The van der Waals surface area contributed by atoms with Gasteiger partial charge in [0, 0.05) is 6.04 Å². The van der Waals surface area contributed by atoms with E-state index in [0.717, 1.165) is 12.3 Å². The van der Waals surface area contributed by atoms with Gasteiger partial charge in [-0.05, 0) is 51.1 Å². The Balaban J connectivity index is 2.62. The third-order valence-electron chi connectivity index (χ3n) is 2.61. The number of ether oxygens (including phenoxy) is 1. The molecule has 1 unspecified atom stereocenters. The Bertz CT molecular complexity index is 367. The van der Waals surface area contributed by atoms with E-state index in [1.54, 1.807) is 0 Å². The summed E-state index contributed by atoms with van der Waals surface area (Å²) in [6, 6.07) is 8.64. The normalized spacial score (nSPS) is 12.0. The van der Waals surface area contributed by atoms with Crippen molar-refractivity contribution in [2.24, 2.45) is 0 Å². The van der Waals surface area contributed by atoms with Gasteiger partial charge in [0.05, 0.1) is 0 Å². The third kappa shape index (κ3) is 5.05. The summed E-state index contributed by atoms with van der Waals surface area (Å²) in [4.78, 5) is 0. The van der Waals surface area contributed by atoms with Gasteiger partial charge in [-0.2, -0.15) is 0 Å². The molecule has 1 rings (SSSR count). The van der Waals surface area contributed by atoms with Crippen LogP contribution in [0.4, 0.5) is 0 Å². The molecule has 0 radical (unpaired) electrons. The van der Waals surface area contributed by atoms with Crippen molar-refractivity contribution in [2.45, 2.75) is 33.7 Å². The minimum atomic E-state index is 0.368. The maximum absolute atomic E-state index is 5.68. The molecule has 1 aromatic rings. The van der Waals surface area contributed by atoms with Crippen LogP contribution in [-0.2, 0) is 0 Å². The Labute approximate surface area is 105 Å². The molecule has 0 saturated carbocycles. The van der Waals surface area contributed by atoms with Crippen LogP contribution in [0.5, 0.6) is 5.75 Å². The molecular formula is C15H23NO. The van der Waals surface area contributed by atoms with Gasteiger partial charge >= 0.3 is 0 Å². The Morgan fingerprint density at radius 2 is 2.18 bits per heavy atom. The van der Waals surface area contributed by atoms with E-state index in [-0.39, 0.29) is 0 Å². The second-order valence-corrected chi connectivity index (χ2v) is 4.44. The molecule has 0 aliphatic rings. The van der Waals surface area contributed by atoms with E-state index in [4.69, 9.17) is 4.74 Å². The maximum Gasteiger partial charge on any atom is 0.120 e. The molecule has 0 aromatic heterocycles. The topological polar surface area (TPSA) is 21.3 Å². The molecule has 1 N–H and O–H groups in total. The minimum Gasteiger partial charge on any atom is -0.490 e. The maximum atomic E-state index is 5.68. The lowest BCUT2D eigenvalue weighted by Crippen LogP contribution is -2.17. The predicted octanol–water partition coefficient (Wildman–Crippen LogP) is 3.70. The first kappa shape index (κ1) is 13.8. The number of rotatable bonds is 6. The van der Waals surface area contributed by atoms with Gasteiger partial charge < -0.3 is 10.1 Å². The van der Waals surface area contributed by atoms with Crippen molar-refractivity contribution in [3.63, 3.8) is 0 Å². The zero-order chi connectivity index (χ0) is 12.7. The van der Waals surface area contributed by atoms with Crippen LogP contribution in [0.1, 0.15) is 39.3 Å². The summed E-state index contributed by atoms with van der Waals surface area (Å²) >= 11 is 0. The smallest absolute Gasteiger partial charge is 0.120 e. The van der Waals surface area contributed by atoms with Crippen molar-refractivity contribution in [1.82, 2.24) is 5.32 Å². The quantitative estimate of drug-likeness (QED) is 0.756. The second kappa shape index (κ2) is 7.13. The van der Waals surface area contributed by atoms with Crippen molar-refractivity contribution >= 4 is 0 Å². The van der Waals surface area contributed by atoms with Crippen molar-refractivity contribution in [1.29, 1.82) is 0 Å². The highest BCUT2D eigenvalue weighted by Crippen LogP contribution is 2.19. The van der Waals surface area contributed by atoms with E-state index < -0.39 is 0 Å². The van der Waals surface area contributed by atoms with Crippen LogP contribution in [0.25, 0.3) is 0 Å². The third-order valence-corrected chi connectivity index (χ3v) is 2.61. The average Bonchev–Trinajstić information content (AvgIpc) is 2.29. The minimum absolute atomic E-state index is 0.368. The van der Waals surface area contributed by atoms with Crippen LogP contribution in [-0.4, -0.2) is 13.2 Å². The van der Waals surface area contributed by atoms with Gasteiger partial charge in [0.25, 0.3) is 0 Å². The summed E-state index contributed by atoms with van der Waals surface area (Å²) in [5.41, 5.74) is 2.55. The van der Waals surface area contributed by atoms with Crippen LogP contribution in [0, 0.1) is 0 Å². The fourth-order valence-corrected chi connectivity index (χ4v) is 1.60. The summed E-state index contributed by atoms with van der Waals surface area (Å²) in [6.45, 7) is 10.1. The van der Waals surface area contributed by atoms with Crippen molar-refractivity contribution in [3.05, 3.63) is 41.5 Å². The average molecular weight is 233 g/mol. The van der Waals surface area contributed by atoms with Gasteiger partial charge in [-0.1, -0.05) is 24.6 Å². The van der Waals surface area contributed by atoms with E-state index in [1.165, 1.54) is 11.1 Å². The van der Waals surface area contributed by atoms with E-state index in [1.807, 2.05) is 12.1 Å². The largest absolute Gasteiger partial charge is 0.490 e. The summed E-state index contributed by atoms with van der Waals surface area (Å²) in [7, 11) is 0. The molecule has 2 heteroatoms. The lowest BCUT2D eigenvalue weighted by Gasteiger charge is -2.14. The molecule has 0 saturated heterocycles. The summed E-state index contributed by atoms with van der Waals surface area (Å²) in [5, 5.41) is 3.40. The Hall–Kier alpha value is -1.28. The molecule has 0 spiro atoms. The predicted molar refractivity (Wildman–Crippen MR) is 73.5 cm³/mol. The highest BCUT2D eigenvalue weighted by Gasteiger charge is 2.04. The van der Waals surface area contributed by atoms with Crippen LogP contribution >= 0.6 is 0 Å². The van der Waals surface area contributed by atoms with Crippen molar-refractivity contribution in [2.75, 3.05) is 13.2 Å². The number of allylic oxidation sites excluding steroid dienone is 1. The van der Waals surface area contributed by atoms with E-state index in [9.17, 15) is 0 Å². The van der Waals surface area contributed by atoms with Gasteiger partial charge in [-0.25, -0.2) is 0 Å². The molecule has 0 heterocycles.